The predicted molar refractivity (Wildman–Crippen MR) is 146 cm³/mol. The van der Waals surface area contributed by atoms with E-state index in [1.165, 1.54) is 11.1 Å². The van der Waals surface area contributed by atoms with Crippen LogP contribution >= 0.6 is 11.3 Å². The van der Waals surface area contributed by atoms with Crippen molar-refractivity contribution < 1.29 is 13.2 Å². The molecule has 2 saturated heterocycles. The molecule has 4 aromatic rings. The van der Waals surface area contributed by atoms with Crippen LogP contribution < -0.4 is 4.90 Å². The predicted octanol–water partition coefficient (Wildman–Crippen LogP) is 2.93. The van der Waals surface area contributed by atoms with Gasteiger partial charge in [0.25, 0.3) is 0 Å². The molecule has 10 nitrogen and oxygen atoms in total. The SMILES string of the molecule is C[C@@H]1CN(S(C)(=O)=O)C[C@@H](C)N1Cc1cc2c(N3CCOCC3)nc(-c3cccc4[nH]ncc34)nc2s1. The Hall–Kier alpha value is -2.64. The molecule has 3 aromatic heterocycles. The average molecular weight is 542 g/mol. The van der Waals surface area contributed by atoms with Crippen molar-refractivity contribution in [3.05, 3.63) is 35.3 Å². The molecule has 1 aromatic carbocycles. The van der Waals surface area contributed by atoms with Crippen molar-refractivity contribution >= 4 is 48.3 Å². The van der Waals surface area contributed by atoms with Gasteiger partial charge in [-0.15, -0.1) is 11.3 Å². The minimum Gasteiger partial charge on any atom is -0.378 e. The molecule has 0 radical (unpaired) electrons. The molecule has 0 bridgehead atoms. The zero-order valence-corrected chi connectivity index (χ0v) is 22.8. The van der Waals surface area contributed by atoms with Crippen LogP contribution in [0.1, 0.15) is 18.7 Å². The lowest BCUT2D eigenvalue weighted by atomic mass is 10.1. The van der Waals surface area contributed by atoms with E-state index in [0.717, 1.165) is 52.1 Å². The van der Waals surface area contributed by atoms with Gasteiger partial charge in [0.1, 0.15) is 10.6 Å². The number of anilines is 1. The number of ether oxygens (including phenoxy) is 1. The second-order valence-electron chi connectivity index (χ2n) is 9.99. The summed E-state index contributed by atoms with van der Waals surface area (Å²) < 4.78 is 31.5. The highest BCUT2D eigenvalue weighted by Gasteiger charge is 2.34. The van der Waals surface area contributed by atoms with E-state index in [0.29, 0.717) is 32.1 Å². The van der Waals surface area contributed by atoms with Crippen molar-refractivity contribution in [3.63, 3.8) is 0 Å². The fourth-order valence-corrected chi connectivity index (χ4v) is 7.41. The molecule has 0 unspecified atom stereocenters. The van der Waals surface area contributed by atoms with Gasteiger partial charge in [-0.1, -0.05) is 12.1 Å². The summed E-state index contributed by atoms with van der Waals surface area (Å²) in [6.07, 6.45) is 3.12. The molecule has 0 amide bonds. The molecule has 0 saturated carbocycles. The second-order valence-corrected chi connectivity index (χ2v) is 13.1. The third kappa shape index (κ3) is 4.72. The quantitative estimate of drug-likeness (QED) is 0.411. The second kappa shape index (κ2) is 9.59. The van der Waals surface area contributed by atoms with Gasteiger partial charge < -0.3 is 9.64 Å². The summed E-state index contributed by atoms with van der Waals surface area (Å²) in [5.74, 6) is 1.63. The first kappa shape index (κ1) is 24.7. The number of hydrogen-bond donors (Lipinski definition) is 1. The Balaban J connectivity index is 1.39. The number of rotatable bonds is 5. The summed E-state index contributed by atoms with van der Waals surface area (Å²) in [4.78, 5) is 17.0. The van der Waals surface area contributed by atoms with Crippen LogP contribution in [0, 0.1) is 0 Å². The van der Waals surface area contributed by atoms with Gasteiger partial charge in [-0.05, 0) is 26.0 Å². The van der Waals surface area contributed by atoms with Gasteiger partial charge in [0.15, 0.2) is 5.82 Å². The summed E-state index contributed by atoms with van der Waals surface area (Å²) in [6.45, 7) is 8.88. The minimum atomic E-state index is -3.20. The molecule has 5 heterocycles. The number of fused-ring (bicyclic) bond motifs is 2. The Kier molecular flexibility index (Phi) is 6.40. The number of sulfonamides is 1. The maximum atomic E-state index is 12.1. The smallest absolute Gasteiger partial charge is 0.211 e. The third-order valence-electron chi connectivity index (χ3n) is 7.34. The van der Waals surface area contributed by atoms with Crippen LogP contribution in [0.15, 0.2) is 30.5 Å². The number of nitrogens with zero attached hydrogens (tertiary/aromatic N) is 6. The number of benzene rings is 1. The van der Waals surface area contributed by atoms with E-state index in [-0.39, 0.29) is 12.1 Å². The van der Waals surface area contributed by atoms with Gasteiger partial charge in [-0.3, -0.25) is 10.00 Å². The number of morpholine rings is 1. The van der Waals surface area contributed by atoms with Crippen LogP contribution in [-0.4, -0.2) is 95.5 Å². The monoisotopic (exact) mass is 541 g/mol. The summed E-state index contributed by atoms with van der Waals surface area (Å²) >= 11 is 1.69. The van der Waals surface area contributed by atoms with Crippen molar-refractivity contribution in [2.24, 2.45) is 0 Å². The summed E-state index contributed by atoms with van der Waals surface area (Å²) in [5, 5.41) is 9.31. The van der Waals surface area contributed by atoms with Crippen LogP contribution in [0.25, 0.3) is 32.5 Å². The van der Waals surface area contributed by atoms with E-state index in [1.54, 1.807) is 15.6 Å². The average Bonchev–Trinajstić information content (AvgIpc) is 3.52. The first-order chi connectivity index (χ1) is 17.8. The fraction of sp³-hybridized carbons (Fsp3) is 0.480. The molecule has 1 N–H and O–H groups in total. The Bertz CT molecular complexity index is 1530. The molecular weight excluding hydrogens is 510 g/mol. The Morgan fingerprint density at radius 2 is 1.86 bits per heavy atom. The van der Waals surface area contributed by atoms with E-state index in [1.807, 2.05) is 24.4 Å². The minimum absolute atomic E-state index is 0.114. The van der Waals surface area contributed by atoms with Crippen LogP contribution in [-0.2, 0) is 21.3 Å². The van der Waals surface area contributed by atoms with Crippen molar-refractivity contribution in [3.8, 4) is 11.4 Å². The Morgan fingerprint density at radius 3 is 2.59 bits per heavy atom. The molecule has 0 spiro atoms. The van der Waals surface area contributed by atoms with E-state index < -0.39 is 10.0 Å². The lowest BCUT2D eigenvalue weighted by Crippen LogP contribution is -2.57. The highest BCUT2D eigenvalue weighted by Crippen LogP contribution is 2.36. The fourth-order valence-electron chi connectivity index (χ4n) is 5.40. The topological polar surface area (TPSA) is 108 Å². The highest BCUT2D eigenvalue weighted by molar-refractivity contribution is 7.88. The van der Waals surface area contributed by atoms with Gasteiger partial charge in [-0.2, -0.15) is 9.40 Å². The van der Waals surface area contributed by atoms with Gasteiger partial charge in [-0.25, -0.2) is 18.4 Å². The van der Waals surface area contributed by atoms with E-state index >= 15 is 0 Å². The first-order valence-corrected chi connectivity index (χ1v) is 15.2. The molecule has 0 aliphatic carbocycles. The van der Waals surface area contributed by atoms with E-state index in [9.17, 15) is 8.42 Å². The number of thiophene rings is 1. The Labute approximate surface area is 220 Å². The zero-order chi connectivity index (χ0) is 25.7. The van der Waals surface area contributed by atoms with Crippen molar-refractivity contribution in [2.45, 2.75) is 32.5 Å². The molecule has 12 heteroatoms. The highest BCUT2D eigenvalue weighted by atomic mass is 32.2. The number of H-pyrrole nitrogens is 1. The van der Waals surface area contributed by atoms with Crippen molar-refractivity contribution in [1.82, 2.24) is 29.4 Å². The molecule has 6 rings (SSSR count). The first-order valence-electron chi connectivity index (χ1n) is 12.5. The number of hydrogen-bond acceptors (Lipinski definition) is 9. The summed E-state index contributed by atoms with van der Waals surface area (Å²) in [5.41, 5.74) is 1.91. The molecular formula is C25H31N7O3S2. The van der Waals surface area contributed by atoms with E-state index in [4.69, 9.17) is 14.7 Å². The summed E-state index contributed by atoms with van der Waals surface area (Å²) in [6, 6.07) is 8.49. The molecule has 2 fully saturated rings. The summed E-state index contributed by atoms with van der Waals surface area (Å²) in [7, 11) is -3.20. The molecule has 2 atom stereocenters. The lowest BCUT2D eigenvalue weighted by Gasteiger charge is -2.43. The maximum Gasteiger partial charge on any atom is 0.211 e. The van der Waals surface area contributed by atoms with Crippen LogP contribution in [0.3, 0.4) is 0 Å². The number of aromatic nitrogens is 4. The van der Waals surface area contributed by atoms with Crippen molar-refractivity contribution in [1.29, 1.82) is 0 Å². The number of nitrogens with one attached hydrogen (secondary N) is 1. The van der Waals surface area contributed by atoms with Gasteiger partial charge in [0, 0.05) is 60.6 Å². The molecule has 2 aliphatic rings. The number of aromatic amines is 1. The zero-order valence-electron chi connectivity index (χ0n) is 21.2. The van der Waals surface area contributed by atoms with Crippen LogP contribution in [0.2, 0.25) is 0 Å². The van der Waals surface area contributed by atoms with Crippen LogP contribution in [0.5, 0.6) is 0 Å². The van der Waals surface area contributed by atoms with E-state index in [2.05, 4.69) is 39.9 Å². The Morgan fingerprint density at radius 1 is 1.11 bits per heavy atom. The molecule has 196 valence electrons. The standard InChI is InChI=1S/C25H31N7O3S2/c1-16-13-31(37(3,33)34)14-17(2)32(16)15-18-11-20-24(30-7-9-35-10-8-30)27-23(28-25(20)36-18)19-5-4-6-22-21(19)12-26-29-22/h4-6,11-12,16-17H,7-10,13-15H2,1-3H3,(H,26,29)/t16-,17-/m1/s1. The van der Waals surface area contributed by atoms with Gasteiger partial charge >= 0.3 is 0 Å². The maximum absolute atomic E-state index is 12.1. The normalized spacial score (nSPS) is 22.3. The third-order valence-corrected chi connectivity index (χ3v) is 9.59. The van der Waals surface area contributed by atoms with Gasteiger partial charge in [0.2, 0.25) is 10.0 Å². The lowest BCUT2D eigenvalue weighted by molar-refractivity contribution is 0.0712. The largest absolute Gasteiger partial charge is 0.378 e. The van der Waals surface area contributed by atoms with Crippen molar-refractivity contribution in [2.75, 3.05) is 50.5 Å². The van der Waals surface area contributed by atoms with Gasteiger partial charge in [0.05, 0.1) is 36.6 Å². The molecule has 2 aliphatic heterocycles. The number of piperazine rings is 1. The van der Waals surface area contributed by atoms with Crippen LogP contribution in [0.4, 0.5) is 5.82 Å². The molecule has 37 heavy (non-hydrogen) atoms.